The highest BCUT2D eigenvalue weighted by molar-refractivity contribution is 5.97. The third-order valence-electron chi connectivity index (χ3n) is 9.51. The molecule has 2 N–H and O–H groups in total. The van der Waals surface area contributed by atoms with Crippen LogP contribution < -0.4 is 10.2 Å². The minimum Gasteiger partial charge on any atom is -0.481 e. The Morgan fingerprint density at radius 2 is 1.63 bits per heavy atom. The number of anilines is 1. The molecule has 13 heteroatoms. The predicted molar refractivity (Wildman–Crippen MR) is 183 cm³/mol. The van der Waals surface area contributed by atoms with E-state index < -0.39 is 29.9 Å². The Hall–Kier alpha value is -4.68. The number of carboxylic acid groups (broad SMARTS) is 1. The molecule has 264 valence electrons. The number of ether oxygens (including phenoxy) is 1. The molecule has 2 aromatic rings. The second-order valence-corrected chi connectivity index (χ2v) is 13.0. The number of nitrogens with zero attached hydrogens (tertiary/aromatic N) is 5. The molecule has 3 fully saturated rings. The van der Waals surface area contributed by atoms with Gasteiger partial charge in [0.15, 0.2) is 0 Å². The highest BCUT2D eigenvalue weighted by Crippen LogP contribution is 2.30. The summed E-state index contributed by atoms with van der Waals surface area (Å²) in [6, 6.07) is 12.0. The molecule has 1 aromatic carbocycles. The van der Waals surface area contributed by atoms with Gasteiger partial charge in [0.2, 0.25) is 11.8 Å². The van der Waals surface area contributed by atoms with Crippen LogP contribution in [0.3, 0.4) is 0 Å². The SMILES string of the molecule is CCCCCOC(=O)N1CCN(C(=O)[C@H](CCC(=O)O)NC(=O)c2cc(N3CC[C@H](C(=O)N4CCCC4)C3)cc(-c3ccccc3)n2)CC1. The summed E-state index contributed by atoms with van der Waals surface area (Å²) in [5.74, 6) is -2.03. The van der Waals surface area contributed by atoms with E-state index in [1.165, 1.54) is 0 Å². The molecule has 5 rings (SSSR count). The van der Waals surface area contributed by atoms with Gasteiger partial charge in [-0.05, 0) is 44.2 Å². The zero-order valence-electron chi connectivity index (χ0n) is 28.3. The van der Waals surface area contributed by atoms with Crippen molar-refractivity contribution in [1.82, 2.24) is 25.0 Å². The van der Waals surface area contributed by atoms with Crippen LogP contribution in [-0.2, 0) is 19.1 Å². The molecular weight excluding hydrogens is 628 g/mol. The van der Waals surface area contributed by atoms with E-state index in [2.05, 4.69) is 22.1 Å². The predicted octanol–water partition coefficient (Wildman–Crippen LogP) is 3.63. The lowest BCUT2D eigenvalue weighted by atomic mass is 10.1. The Labute approximate surface area is 287 Å². The van der Waals surface area contributed by atoms with Gasteiger partial charge in [-0.1, -0.05) is 50.1 Å². The van der Waals surface area contributed by atoms with Crippen LogP contribution in [-0.4, -0.2) is 120 Å². The van der Waals surface area contributed by atoms with Crippen LogP contribution in [0.4, 0.5) is 10.5 Å². The lowest BCUT2D eigenvalue weighted by Gasteiger charge is -2.36. The molecule has 49 heavy (non-hydrogen) atoms. The lowest BCUT2D eigenvalue weighted by Crippen LogP contribution is -2.56. The van der Waals surface area contributed by atoms with Gasteiger partial charge < -0.3 is 34.8 Å². The van der Waals surface area contributed by atoms with Crippen LogP contribution >= 0.6 is 0 Å². The maximum atomic E-state index is 13.8. The van der Waals surface area contributed by atoms with Gasteiger partial charge in [-0.15, -0.1) is 0 Å². The standard InChI is InChI=1S/C36H48N6O7/c1-2-3-9-22-49-36(48)41-20-18-40(19-21-41)35(47)29(12-13-32(43)44)38-33(45)31-24-28(23-30(37-31)26-10-5-4-6-11-26)42-17-14-27(25-42)34(46)39-15-7-8-16-39/h4-6,10-11,23-24,27,29H,2-3,7-9,12-22,25H2,1H3,(H,38,45)(H,43,44)/t27-,29-/m0/s1. The number of likely N-dealkylation sites (tertiary alicyclic amines) is 1. The summed E-state index contributed by atoms with van der Waals surface area (Å²) in [5.41, 5.74) is 2.22. The molecule has 0 aliphatic carbocycles. The quantitative estimate of drug-likeness (QED) is 0.303. The van der Waals surface area contributed by atoms with Crippen LogP contribution in [0, 0.1) is 5.92 Å². The molecule has 4 amide bonds. The Balaban J connectivity index is 1.29. The fourth-order valence-electron chi connectivity index (χ4n) is 6.65. The molecule has 3 saturated heterocycles. The van der Waals surface area contributed by atoms with Crippen molar-refractivity contribution in [3.8, 4) is 11.3 Å². The number of aromatic nitrogens is 1. The molecule has 0 unspecified atom stereocenters. The zero-order chi connectivity index (χ0) is 34.8. The number of carbonyl (C=O) groups is 5. The topological polar surface area (TPSA) is 153 Å². The first-order valence-electron chi connectivity index (χ1n) is 17.6. The maximum absolute atomic E-state index is 13.8. The summed E-state index contributed by atoms with van der Waals surface area (Å²) in [7, 11) is 0. The Morgan fingerprint density at radius 1 is 0.918 bits per heavy atom. The minimum atomic E-state index is -1.10. The number of carboxylic acids is 1. The first kappa shape index (κ1) is 35.6. The second-order valence-electron chi connectivity index (χ2n) is 13.0. The monoisotopic (exact) mass is 676 g/mol. The number of piperazine rings is 1. The van der Waals surface area contributed by atoms with Crippen molar-refractivity contribution in [3.05, 3.63) is 48.2 Å². The summed E-state index contributed by atoms with van der Waals surface area (Å²) in [6.45, 7) is 6.24. The van der Waals surface area contributed by atoms with Crippen molar-refractivity contribution in [2.24, 2.45) is 5.92 Å². The number of carbonyl (C=O) groups excluding carboxylic acids is 4. The fourth-order valence-corrected chi connectivity index (χ4v) is 6.65. The number of benzene rings is 1. The fraction of sp³-hybridized carbons (Fsp3) is 0.556. The largest absolute Gasteiger partial charge is 0.481 e. The molecule has 0 radical (unpaired) electrons. The number of aliphatic carboxylic acids is 1. The molecule has 3 aliphatic rings. The molecular formula is C36H48N6O7. The van der Waals surface area contributed by atoms with Gasteiger partial charge in [-0.25, -0.2) is 9.78 Å². The summed E-state index contributed by atoms with van der Waals surface area (Å²) < 4.78 is 5.35. The summed E-state index contributed by atoms with van der Waals surface area (Å²) in [6.07, 6.45) is 4.75. The van der Waals surface area contributed by atoms with Crippen molar-refractivity contribution in [2.45, 2.75) is 64.3 Å². The van der Waals surface area contributed by atoms with E-state index in [1.54, 1.807) is 15.9 Å². The summed E-state index contributed by atoms with van der Waals surface area (Å²) in [5, 5.41) is 12.2. The highest BCUT2D eigenvalue weighted by atomic mass is 16.6. The van der Waals surface area contributed by atoms with Crippen LogP contribution in [0.25, 0.3) is 11.3 Å². The van der Waals surface area contributed by atoms with Crippen molar-refractivity contribution < 1.29 is 33.8 Å². The second kappa shape index (κ2) is 17.1. The first-order valence-corrected chi connectivity index (χ1v) is 17.6. The average molecular weight is 677 g/mol. The van der Waals surface area contributed by atoms with Crippen LogP contribution in [0.5, 0.6) is 0 Å². The molecule has 1 aromatic heterocycles. The number of pyridine rings is 1. The van der Waals surface area contributed by atoms with Gasteiger partial charge in [0.25, 0.3) is 5.91 Å². The van der Waals surface area contributed by atoms with E-state index in [4.69, 9.17) is 4.74 Å². The number of hydrogen-bond acceptors (Lipinski definition) is 8. The van der Waals surface area contributed by atoms with Crippen molar-refractivity contribution in [1.29, 1.82) is 0 Å². The number of hydrogen-bond donors (Lipinski definition) is 2. The molecule has 13 nitrogen and oxygen atoms in total. The van der Waals surface area contributed by atoms with Crippen LogP contribution in [0.2, 0.25) is 0 Å². The van der Waals surface area contributed by atoms with Gasteiger partial charge in [0, 0.05) is 70.0 Å². The van der Waals surface area contributed by atoms with Gasteiger partial charge >= 0.3 is 12.1 Å². The molecule has 2 atom stereocenters. The van der Waals surface area contributed by atoms with Crippen molar-refractivity contribution in [3.63, 3.8) is 0 Å². The Kier molecular flexibility index (Phi) is 12.4. The summed E-state index contributed by atoms with van der Waals surface area (Å²) >= 11 is 0. The van der Waals surface area contributed by atoms with E-state index in [1.807, 2.05) is 41.3 Å². The van der Waals surface area contributed by atoms with Crippen molar-refractivity contribution in [2.75, 3.05) is 63.9 Å². The highest BCUT2D eigenvalue weighted by Gasteiger charge is 2.34. The van der Waals surface area contributed by atoms with E-state index >= 15 is 0 Å². The van der Waals surface area contributed by atoms with Gasteiger partial charge in [0.05, 0.1) is 18.2 Å². The molecule has 3 aliphatic heterocycles. The first-order chi connectivity index (χ1) is 23.7. The minimum absolute atomic E-state index is 0.0921. The normalized spacial score (nSPS) is 18.3. The maximum Gasteiger partial charge on any atom is 0.409 e. The van der Waals surface area contributed by atoms with Crippen LogP contribution in [0.15, 0.2) is 42.5 Å². The molecule has 0 saturated carbocycles. The molecule has 0 spiro atoms. The van der Waals surface area contributed by atoms with Crippen LogP contribution in [0.1, 0.15) is 68.8 Å². The van der Waals surface area contributed by atoms with E-state index in [-0.39, 0.29) is 56.5 Å². The number of rotatable bonds is 13. The van der Waals surface area contributed by atoms with Gasteiger partial charge in [-0.3, -0.25) is 19.2 Å². The molecule has 4 heterocycles. The number of nitrogens with one attached hydrogen (secondary N) is 1. The zero-order valence-corrected chi connectivity index (χ0v) is 28.3. The number of unbranched alkanes of at least 4 members (excludes halogenated alkanes) is 2. The average Bonchev–Trinajstić information content (AvgIpc) is 3.85. The smallest absolute Gasteiger partial charge is 0.409 e. The Morgan fingerprint density at radius 3 is 2.33 bits per heavy atom. The van der Waals surface area contributed by atoms with E-state index in [0.29, 0.717) is 25.4 Å². The third kappa shape index (κ3) is 9.48. The van der Waals surface area contributed by atoms with Gasteiger partial charge in [-0.2, -0.15) is 0 Å². The number of amides is 4. The third-order valence-corrected chi connectivity index (χ3v) is 9.51. The van der Waals surface area contributed by atoms with Gasteiger partial charge in [0.1, 0.15) is 11.7 Å². The Bertz CT molecular complexity index is 1470. The van der Waals surface area contributed by atoms with E-state index in [9.17, 15) is 29.1 Å². The van der Waals surface area contributed by atoms with E-state index in [0.717, 1.165) is 62.9 Å². The summed E-state index contributed by atoms with van der Waals surface area (Å²) in [4.78, 5) is 76.5. The molecule has 0 bridgehead atoms. The lowest BCUT2D eigenvalue weighted by molar-refractivity contribution is -0.138. The van der Waals surface area contributed by atoms with Crippen molar-refractivity contribution >= 4 is 35.5 Å².